The van der Waals surface area contributed by atoms with Gasteiger partial charge in [0.1, 0.15) is 12.4 Å². The van der Waals surface area contributed by atoms with Crippen LogP contribution in [0.15, 0.2) is 48.5 Å². The van der Waals surface area contributed by atoms with Crippen molar-refractivity contribution in [2.24, 2.45) is 0 Å². The van der Waals surface area contributed by atoms with Gasteiger partial charge in [0, 0.05) is 14.1 Å². The van der Waals surface area contributed by atoms with Crippen molar-refractivity contribution in [1.29, 1.82) is 0 Å². The van der Waals surface area contributed by atoms with E-state index in [1.807, 2.05) is 31.2 Å². The summed E-state index contributed by atoms with van der Waals surface area (Å²) in [6, 6.07) is 13.0. The van der Waals surface area contributed by atoms with E-state index in [0.29, 0.717) is 0 Å². The molecule has 0 saturated heterocycles. The van der Waals surface area contributed by atoms with Gasteiger partial charge in [-0.2, -0.15) is 12.7 Å². The lowest BCUT2D eigenvalue weighted by Crippen LogP contribution is -2.46. The Morgan fingerprint density at radius 1 is 1.07 bits per heavy atom. The fourth-order valence-electron chi connectivity index (χ4n) is 2.91. The van der Waals surface area contributed by atoms with Gasteiger partial charge in [-0.05, 0) is 35.6 Å². The molecular formula is C22H30FN3O3S. The van der Waals surface area contributed by atoms with Gasteiger partial charge < -0.3 is 5.32 Å². The molecule has 164 valence electrons. The molecule has 1 amide bonds. The second kappa shape index (κ2) is 9.14. The molecule has 30 heavy (non-hydrogen) atoms. The molecule has 0 unspecified atom stereocenters. The Hall–Kier alpha value is -2.45. The molecule has 0 radical (unpaired) electrons. The molecule has 1 N–H and O–H groups in total. The third kappa shape index (κ3) is 5.58. The fraction of sp³-hybridized carbons (Fsp3) is 0.409. The minimum atomic E-state index is -4.07. The van der Waals surface area contributed by atoms with Gasteiger partial charge in [-0.15, -0.1) is 0 Å². The summed E-state index contributed by atoms with van der Waals surface area (Å²) in [4.78, 5) is 12.7. The molecule has 0 fully saturated rings. The highest BCUT2D eigenvalue weighted by Crippen LogP contribution is 2.25. The number of amides is 1. The van der Waals surface area contributed by atoms with Gasteiger partial charge in [0.25, 0.3) is 0 Å². The lowest BCUT2D eigenvalue weighted by molar-refractivity contribution is -0.120. The Morgan fingerprint density at radius 2 is 1.63 bits per heavy atom. The largest absolute Gasteiger partial charge is 0.348 e. The zero-order chi connectivity index (χ0) is 22.7. The van der Waals surface area contributed by atoms with E-state index in [1.165, 1.54) is 37.9 Å². The van der Waals surface area contributed by atoms with Crippen LogP contribution in [0.25, 0.3) is 0 Å². The number of carbonyl (C=O) groups is 1. The molecular weight excluding hydrogens is 405 g/mol. The highest BCUT2D eigenvalue weighted by atomic mass is 32.2. The molecule has 1 atom stereocenters. The number of halogens is 1. The van der Waals surface area contributed by atoms with Crippen LogP contribution in [0, 0.1) is 5.82 Å². The van der Waals surface area contributed by atoms with Crippen LogP contribution in [0.3, 0.4) is 0 Å². The van der Waals surface area contributed by atoms with Crippen LogP contribution in [-0.2, 0) is 20.4 Å². The highest BCUT2D eigenvalue weighted by Gasteiger charge is 2.29. The topological polar surface area (TPSA) is 69.7 Å². The molecule has 8 heteroatoms. The van der Waals surface area contributed by atoms with E-state index >= 15 is 0 Å². The maximum atomic E-state index is 14.3. The van der Waals surface area contributed by atoms with Gasteiger partial charge in [0.2, 0.25) is 5.91 Å². The number of hydrogen-bond acceptors (Lipinski definition) is 3. The molecule has 0 saturated carbocycles. The maximum Gasteiger partial charge on any atom is 0.304 e. The first kappa shape index (κ1) is 23.8. The smallest absolute Gasteiger partial charge is 0.304 e. The number of anilines is 1. The summed E-state index contributed by atoms with van der Waals surface area (Å²) >= 11 is 0. The van der Waals surface area contributed by atoms with Crippen LogP contribution in [0.4, 0.5) is 10.1 Å². The van der Waals surface area contributed by atoms with Crippen molar-refractivity contribution in [3.05, 3.63) is 65.5 Å². The standard InChI is InChI=1S/C22H30FN3O3S/c1-16(17-11-13-18(14-12-17)22(2,3)4)24-21(27)15-26(30(28,29)25(5)6)20-10-8-7-9-19(20)23/h7-14,16H,15H2,1-6H3,(H,24,27)/t16-/m1/s1. The third-order valence-corrected chi connectivity index (χ3v) is 6.61. The SMILES string of the molecule is C[C@@H](NC(=O)CN(c1ccccc1F)S(=O)(=O)N(C)C)c1ccc(C(C)(C)C)cc1. The zero-order valence-corrected chi connectivity index (χ0v) is 19.1. The van der Waals surface area contributed by atoms with Crippen molar-refractivity contribution in [3.8, 4) is 0 Å². The minimum absolute atomic E-state index is 0.0197. The van der Waals surface area contributed by atoms with E-state index in [2.05, 4.69) is 26.1 Å². The molecule has 0 bridgehead atoms. The second-order valence-corrected chi connectivity index (χ2v) is 10.5. The summed E-state index contributed by atoms with van der Waals surface area (Å²) in [6.07, 6.45) is 0. The van der Waals surface area contributed by atoms with E-state index in [0.717, 1.165) is 20.2 Å². The monoisotopic (exact) mass is 435 g/mol. The molecule has 2 aromatic carbocycles. The molecule has 0 aliphatic carbocycles. The van der Waals surface area contributed by atoms with Crippen molar-refractivity contribution in [2.75, 3.05) is 24.9 Å². The lowest BCUT2D eigenvalue weighted by atomic mass is 9.86. The van der Waals surface area contributed by atoms with Gasteiger partial charge in [0.05, 0.1) is 11.7 Å². The van der Waals surface area contributed by atoms with Crippen molar-refractivity contribution in [1.82, 2.24) is 9.62 Å². The summed E-state index contributed by atoms with van der Waals surface area (Å²) in [7, 11) is -1.40. The predicted molar refractivity (Wildman–Crippen MR) is 118 cm³/mol. The number of carbonyl (C=O) groups excluding carboxylic acids is 1. The number of benzene rings is 2. The average Bonchev–Trinajstić information content (AvgIpc) is 2.66. The van der Waals surface area contributed by atoms with E-state index < -0.39 is 28.5 Å². The van der Waals surface area contributed by atoms with Gasteiger partial charge in [-0.25, -0.2) is 8.70 Å². The summed E-state index contributed by atoms with van der Waals surface area (Å²) in [5.74, 6) is -1.25. The minimum Gasteiger partial charge on any atom is -0.348 e. The molecule has 2 rings (SSSR count). The summed E-state index contributed by atoms with van der Waals surface area (Å²) < 4.78 is 41.4. The third-order valence-electron chi connectivity index (χ3n) is 4.80. The van der Waals surface area contributed by atoms with E-state index in [1.54, 1.807) is 0 Å². The van der Waals surface area contributed by atoms with E-state index in [4.69, 9.17) is 0 Å². The molecule has 6 nitrogen and oxygen atoms in total. The molecule has 0 aliphatic rings. The number of hydrogen-bond donors (Lipinski definition) is 1. The van der Waals surface area contributed by atoms with Crippen molar-refractivity contribution in [3.63, 3.8) is 0 Å². The summed E-state index contributed by atoms with van der Waals surface area (Å²) in [6.45, 7) is 7.64. The van der Waals surface area contributed by atoms with Crippen LogP contribution in [0.1, 0.15) is 44.9 Å². The van der Waals surface area contributed by atoms with Crippen molar-refractivity contribution >= 4 is 21.8 Å². The van der Waals surface area contributed by atoms with Crippen LogP contribution >= 0.6 is 0 Å². The average molecular weight is 436 g/mol. The first-order chi connectivity index (χ1) is 13.8. The Labute approximate surface area is 178 Å². The van der Waals surface area contributed by atoms with Crippen molar-refractivity contribution in [2.45, 2.75) is 39.2 Å². The molecule has 2 aromatic rings. The van der Waals surface area contributed by atoms with Gasteiger partial charge in [-0.1, -0.05) is 57.2 Å². The highest BCUT2D eigenvalue weighted by molar-refractivity contribution is 7.90. The van der Waals surface area contributed by atoms with Crippen LogP contribution < -0.4 is 9.62 Å². The lowest BCUT2D eigenvalue weighted by Gasteiger charge is -2.28. The Morgan fingerprint density at radius 3 is 2.13 bits per heavy atom. The number of rotatable bonds is 7. The van der Waals surface area contributed by atoms with Gasteiger partial charge in [0.15, 0.2) is 0 Å². The van der Waals surface area contributed by atoms with Crippen molar-refractivity contribution < 1.29 is 17.6 Å². The Bertz CT molecular complexity index is 983. The van der Waals surface area contributed by atoms with Crippen LogP contribution in [0.2, 0.25) is 0 Å². The zero-order valence-electron chi connectivity index (χ0n) is 18.3. The molecule has 0 aliphatic heterocycles. The molecule has 0 aromatic heterocycles. The number of nitrogens with one attached hydrogen (secondary N) is 1. The second-order valence-electron chi connectivity index (χ2n) is 8.41. The fourth-order valence-corrected chi connectivity index (χ4v) is 3.99. The normalized spacial score (nSPS) is 13.2. The Balaban J connectivity index is 2.21. The van der Waals surface area contributed by atoms with E-state index in [-0.39, 0.29) is 17.1 Å². The molecule has 0 heterocycles. The summed E-state index contributed by atoms with van der Waals surface area (Å²) in [5, 5.41) is 2.80. The first-order valence-corrected chi connectivity index (χ1v) is 11.1. The number of nitrogens with zero attached hydrogens (tertiary/aromatic N) is 2. The van der Waals surface area contributed by atoms with Crippen LogP contribution in [0.5, 0.6) is 0 Å². The van der Waals surface area contributed by atoms with Crippen LogP contribution in [-0.4, -0.2) is 39.3 Å². The Kier molecular flexibility index (Phi) is 7.26. The quantitative estimate of drug-likeness (QED) is 0.722. The maximum absolute atomic E-state index is 14.3. The van der Waals surface area contributed by atoms with Gasteiger partial charge >= 0.3 is 10.2 Å². The molecule has 0 spiro atoms. The predicted octanol–water partition coefficient (Wildman–Crippen LogP) is 3.61. The van der Waals surface area contributed by atoms with E-state index in [9.17, 15) is 17.6 Å². The number of para-hydroxylation sites is 1. The summed E-state index contributed by atoms with van der Waals surface area (Å²) in [5.41, 5.74) is 1.91. The first-order valence-electron chi connectivity index (χ1n) is 9.68. The van der Waals surface area contributed by atoms with Gasteiger partial charge in [-0.3, -0.25) is 4.79 Å².